The Kier molecular flexibility index (Phi) is 5.08. The van der Waals surface area contributed by atoms with Crippen LogP contribution in [0.15, 0.2) is 24.5 Å². The number of anilines is 2. The van der Waals surface area contributed by atoms with Crippen molar-refractivity contribution in [3.8, 4) is 0 Å². The topological polar surface area (TPSA) is 76.7 Å². The van der Waals surface area contributed by atoms with Crippen molar-refractivity contribution in [3.63, 3.8) is 0 Å². The number of fused-ring (bicyclic) bond motifs is 1. The summed E-state index contributed by atoms with van der Waals surface area (Å²) in [5.74, 6) is 1.29. The van der Waals surface area contributed by atoms with Gasteiger partial charge in [-0.2, -0.15) is 4.98 Å². The van der Waals surface area contributed by atoms with Gasteiger partial charge in [0.15, 0.2) is 0 Å². The smallest absolute Gasteiger partial charge is 0.227 e. The summed E-state index contributed by atoms with van der Waals surface area (Å²) in [6, 6.07) is 6.84. The lowest BCUT2D eigenvalue weighted by Gasteiger charge is -2.18. The monoisotopic (exact) mass is 319 g/mol. The maximum absolute atomic E-state index is 5.58. The summed E-state index contributed by atoms with van der Waals surface area (Å²) in [7, 11) is 0. The van der Waals surface area contributed by atoms with Gasteiger partial charge >= 0.3 is 0 Å². The van der Waals surface area contributed by atoms with Gasteiger partial charge in [-0.15, -0.1) is 0 Å². The zero-order valence-corrected chi connectivity index (χ0v) is 13.5. The molecule has 0 saturated carbocycles. The number of hydrogen-bond acceptors (Lipinski definition) is 7. The van der Waals surface area contributed by atoms with Crippen molar-refractivity contribution >= 4 is 34.3 Å². The molecule has 0 fully saturated rings. The number of aromatic nitrogens is 3. The highest BCUT2D eigenvalue weighted by atomic mass is 32.8. The molecule has 3 rings (SSSR count). The van der Waals surface area contributed by atoms with E-state index in [1.165, 1.54) is 23.0 Å². The maximum Gasteiger partial charge on any atom is 0.227 e. The number of benzene rings is 1. The molecule has 5 nitrogen and oxygen atoms in total. The molecule has 1 heterocycles. The molecule has 1 aromatic carbocycles. The van der Waals surface area contributed by atoms with Gasteiger partial charge in [0.2, 0.25) is 11.9 Å². The zero-order valence-electron chi connectivity index (χ0n) is 11.9. The Morgan fingerprint density at radius 1 is 1.29 bits per heavy atom. The summed E-state index contributed by atoms with van der Waals surface area (Å²) in [6.45, 7) is 4.35. The molecule has 0 aliphatic heterocycles. The predicted octanol–water partition coefficient (Wildman–Crippen LogP) is 2.10. The summed E-state index contributed by atoms with van der Waals surface area (Å²) in [5, 5.41) is 3.37. The van der Waals surface area contributed by atoms with Gasteiger partial charge in [-0.3, -0.25) is 0 Å². The Balaban J connectivity index is 0.000000774. The van der Waals surface area contributed by atoms with Crippen LogP contribution in [-0.2, 0) is 28.8 Å². The second-order valence-corrected chi connectivity index (χ2v) is 5.17. The first-order valence-electron chi connectivity index (χ1n) is 6.60. The zero-order chi connectivity index (χ0) is 15.4. The minimum Gasteiger partial charge on any atom is -0.368 e. The molecule has 3 N–H and O–H groups in total. The van der Waals surface area contributed by atoms with Gasteiger partial charge < -0.3 is 11.1 Å². The second-order valence-electron chi connectivity index (χ2n) is 5.17. The fourth-order valence-corrected chi connectivity index (χ4v) is 2.70. The van der Waals surface area contributed by atoms with Crippen molar-refractivity contribution in [2.24, 2.45) is 5.92 Å². The minimum absolute atomic E-state index is 0.233. The van der Waals surface area contributed by atoms with Crippen LogP contribution in [0.1, 0.15) is 29.7 Å². The van der Waals surface area contributed by atoms with Crippen LogP contribution < -0.4 is 11.1 Å². The molecular weight excluding hydrogens is 302 g/mol. The first-order chi connectivity index (χ1) is 10.1. The van der Waals surface area contributed by atoms with Crippen LogP contribution in [-0.4, -0.2) is 15.0 Å². The minimum atomic E-state index is 0.233. The average molecular weight is 319 g/mol. The lowest BCUT2D eigenvalue weighted by Crippen LogP contribution is -2.16. The normalized spacial score (nSPS) is 19.3. The number of nitrogen functional groups attached to an aromatic ring is 1. The van der Waals surface area contributed by atoms with E-state index in [4.69, 9.17) is 5.73 Å². The lowest BCUT2D eigenvalue weighted by atomic mass is 10.0. The van der Waals surface area contributed by atoms with Crippen LogP contribution in [0.4, 0.5) is 11.9 Å². The van der Waals surface area contributed by atoms with E-state index in [9.17, 15) is 0 Å². The number of nitrogens with two attached hydrogens (primary N) is 1. The Morgan fingerprint density at radius 2 is 2.05 bits per heavy atom. The van der Waals surface area contributed by atoms with Crippen molar-refractivity contribution in [3.05, 3.63) is 41.2 Å². The average Bonchev–Trinajstić information content (AvgIpc) is 2.77. The van der Waals surface area contributed by atoms with E-state index < -0.39 is 0 Å². The summed E-state index contributed by atoms with van der Waals surface area (Å²) in [4.78, 5) is 12.0. The first kappa shape index (κ1) is 15.7. The molecule has 1 aromatic heterocycles. The highest BCUT2D eigenvalue weighted by molar-refractivity contribution is 8.07. The molecule has 0 bridgehead atoms. The Labute approximate surface area is 134 Å². The molecule has 0 amide bonds. The van der Waals surface area contributed by atoms with Crippen molar-refractivity contribution in [1.82, 2.24) is 15.0 Å². The molecule has 2 atom stereocenters. The third-order valence-electron chi connectivity index (χ3n) is 3.62. The van der Waals surface area contributed by atoms with E-state index in [1.54, 1.807) is 0 Å². The molecule has 110 valence electrons. The molecule has 0 saturated heterocycles. The molecular formula is C14H17N5S2. The fourth-order valence-electron chi connectivity index (χ4n) is 2.70. The second kappa shape index (κ2) is 6.82. The van der Waals surface area contributed by atoms with Gasteiger partial charge in [0.05, 0.1) is 6.04 Å². The van der Waals surface area contributed by atoms with Gasteiger partial charge in [0.25, 0.3) is 0 Å². The molecule has 21 heavy (non-hydrogen) atoms. The van der Waals surface area contributed by atoms with Gasteiger partial charge in [0.1, 0.15) is 6.33 Å². The molecule has 0 unspecified atom stereocenters. The van der Waals surface area contributed by atoms with Gasteiger partial charge in [-0.25, -0.2) is 9.97 Å². The highest BCUT2D eigenvalue weighted by Gasteiger charge is 2.29. The van der Waals surface area contributed by atoms with E-state index in [1.807, 2.05) is 0 Å². The van der Waals surface area contributed by atoms with Crippen LogP contribution in [0.25, 0.3) is 0 Å². The van der Waals surface area contributed by atoms with Crippen LogP contribution in [0, 0.1) is 12.8 Å². The summed E-state index contributed by atoms with van der Waals surface area (Å²) in [5.41, 5.74) is 9.60. The van der Waals surface area contributed by atoms with Crippen LogP contribution in [0.3, 0.4) is 0 Å². The van der Waals surface area contributed by atoms with Crippen molar-refractivity contribution in [2.45, 2.75) is 26.3 Å². The Hall–Kier alpha value is -1.73. The van der Waals surface area contributed by atoms with Crippen LogP contribution in [0.5, 0.6) is 0 Å². The molecule has 0 radical (unpaired) electrons. The Morgan fingerprint density at radius 3 is 2.76 bits per heavy atom. The number of nitrogens with one attached hydrogen (secondary N) is 1. The van der Waals surface area contributed by atoms with Crippen molar-refractivity contribution in [1.29, 1.82) is 0 Å². The summed E-state index contributed by atoms with van der Waals surface area (Å²) < 4.78 is 0. The highest BCUT2D eigenvalue weighted by Crippen LogP contribution is 2.38. The molecule has 1 aliphatic carbocycles. The van der Waals surface area contributed by atoms with Gasteiger partial charge in [0, 0.05) is 22.4 Å². The number of rotatable bonds is 2. The van der Waals surface area contributed by atoms with Gasteiger partial charge in [-0.1, -0.05) is 30.7 Å². The fraction of sp³-hybridized carbons (Fsp3) is 0.357. The van der Waals surface area contributed by atoms with E-state index in [0.717, 1.165) is 6.42 Å². The SMILES string of the molecule is Cc1ccc2c(c1)[C@H](Nc1ncnc(N)n1)[C@@H](C)C2.S=S. The predicted molar refractivity (Wildman–Crippen MR) is 89.4 cm³/mol. The standard InChI is InChI=1S/C14H17N5.S2/c1-8-3-4-10-6-9(2)12(11(10)5-8)18-14-17-7-16-13(15)19-14;1-2/h3-5,7,9,12H,6H2,1-2H3,(H3,15,16,17,18,19);/t9-,12+;/m0./s1. The maximum atomic E-state index is 5.58. The van der Waals surface area contributed by atoms with E-state index in [0.29, 0.717) is 11.9 Å². The lowest BCUT2D eigenvalue weighted by molar-refractivity contribution is 0.538. The molecule has 0 spiro atoms. The van der Waals surface area contributed by atoms with E-state index in [2.05, 4.69) is 74.7 Å². The third-order valence-corrected chi connectivity index (χ3v) is 3.62. The number of hydrogen-bond donors (Lipinski definition) is 2. The van der Waals surface area contributed by atoms with Gasteiger partial charge in [-0.05, 0) is 30.4 Å². The summed E-state index contributed by atoms with van der Waals surface area (Å²) >= 11 is 7.33. The van der Waals surface area contributed by atoms with Crippen molar-refractivity contribution in [2.75, 3.05) is 11.1 Å². The largest absolute Gasteiger partial charge is 0.368 e. The first-order valence-corrected chi connectivity index (χ1v) is 7.94. The van der Waals surface area contributed by atoms with Crippen LogP contribution >= 0.6 is 0 Å². The molecule has 7 heteroatoms. The number of aryl methyl sites for hydroxylation is 1. The van der Waals surface area contributed by atoms with Crippen LogP contribution in [0.2, 0.25) is 0 Å². The number of nitrogens with zero attached hydrogens (tertiary/aromatic N) is 3. The van der Waals surface area contributed by atoms with E-state index in [-0.39, 0.29) is 12.0 Å². The summed E-state index contributed by atoms with van der Waals surface area (Å²) in [6.07, 6.45) is 2.51. The quantitative estimate of drug-likeness (QED) is 0.878. The Bertz CT molecular complexity index is 635. The van der Waals surface area contributed by atoms with E-state index >= 15 is 0 Å². The molecule has 1 aliphatic rings. The third kappa shape index (κ3) is 3.48. The van der Waals surface area contributed by atoms with Crippen molar-refractivity contribution < 1.29 is 0 Å². The molecule has 2 aromatic rings.